The summed E-state index contributed by atoms with van der Waals surface area (Å²) in [6, 6.07) is 20.0. The molecule has 3 aromatic rings. The molecule has 0 saturated carbocycles. The average Bonchev–Trinajstić information content (AvgIpc) is 2.85. The van der Waals surface area contributed by atoms with Crippen LogP contribution in [0.15, 0.2) is 66.7 Å². The molecule has 33 heavy (non-hydrogen) atoms. The normalized spacial score (nSPS) is 10.2. The standard InChI is InChI=1S/C27H25NO5/c1-3-4-5-6-19-9-14-23(15-10-19)32-27(30)22-13-16-24(25(17-22)31-2)33-26(29)21-11-7-20(18-28)8-12-21/h7-17H,3-6H2,1-2H3. The Kier molecular flexibility index (Phi) is 8.20. The Bertz CT molecular complexity index is 1140. The van der Waals surface area contributed by atoms with Crippen LogP contribution >= 0.6 is 0 Å². The van der Waals surface area contributed by atoms with Crippen molar-refractivity contribution in [1.29, 1.82) is 5.26 Å². The third-order valence-corrected chi connectivity index (χ3v) is 5.05. The lowest BCUT2D eigenvalue weighted by Crippen LogP contribution is -2.11. The fourth-order valence-corrected chi connectivity index (χ4v) is 3.19. The summed E-state index contributed by atoms with van der Waals surface area (Å²) in [5.74, 6) is -0.309. The van der Waals surface area contributed by atoms with Gasteiger partial charge in [-0.3, -0.25) is 0 Å². The van der Waals surface area contributed by atoms with Crippen LogP contribution in [0.5, 0.6) is 17.2 Å². The molecular formula is C27H25NO5. The fourth-order valence-electron chi connectivity index (χ4n) is 3.19. The van der Waals surface area contributed by atoms with Crippen LogP contribution in [0.1, 0.15) is 58.0 Å². The number of esters is 2. The highest BCUT2D eigenvalue weighted by atomic mass is 16.6. The monoisotopic (exact) mass is 443 g/mol. The summed E-state index contributed by atoms with van der Waals surface area (Å²) in [4.78, 5) is 25.0. The molecule has 0 aliphatic carbocycles. The molecular weight excluding hydrogens is 418 g/mol. The van der Waals surface area contributed by atoms with Crippen molar-refractivity contribution in [2.75, 3.05) is 7.11 Å². The topological polar surface area (TPSA) is 85.6 Å². The van der Waals surface area contributed by atoms with Gasteiger partial charge in [0.15, 0.2) is 11.5 Å². The molecule has 0 heterocycles. The number of nitrogens with zero attached hydrogens (tertiary/aromatic N) is 1. The Hall–Kier alpha value is -4.11. The number of benzene rings is 3. The van der Waals surface area contributed by atoms with E-state index >= 15 is 0 Å². The number of carbonyl (C=O) groups excluding carboxylic acids is 2. The molecule has 0 unspecified atom stereocenters. The second kappa shape index (κ2) is 11.5. The predicted molar refractivity (Wildman–Crippen MR) is 124 cm³/mol. The van der Waals surface area contributed by atoms with Gasteiger partial charge in [0.1, 0.15) is 5.75 Å². The van der Waals surface area contributed by atoms with Crippen LogP contribution in [-0.2, 0) is 6.42 Å². The van der Waals surface area contributed by atoms with E-state index in [-0.39, 0.29) is 22.6 Å². The molecule has 0 aliphatic rings. The molecule has 0 saturated heterocycles. The maximum atomic E-state index is 12.6. The highest BCUT2D eigenvalue weighted by Crippen LogP contribution is 2.29. The summed E-state index contributed by atoms with van der Waals surface area (Å²) in [5, 5.41) is 8.87. The summed E-state index contributed by atoms with van der Waals surface area (Å²) >= 11 is 0. The van der Waals surface area contributed by atoms with Crippen LogP contribution in [0, 0.1) is 11.3 Å². The molecule has 0 fully saturated rings. The van der Waals surface area contributed by atoms with Crippen molar-refractivity contribution in [1.82, 2.24) is 0 Å². The van der Waals surface area contributed by atoms with Crippen molar-refractivity contribution in [3.63, 3.8) is 0 Å². The number of ether oxygens (including phenoxy) is 3. The zero-order valence-corrected chi connectivity index (χ0v) is 18.7. The van der Waals surface area contributed by atoms with Gasteiger partial charge in [0.2, 0.25) is 0 Å². The molecule has 0 aromatic heterocycles. The molecule has 0 bridgehead atoms. The first kappa shape index (κ1) is 23.6. The average molecular weight is 443 g/mol. The number of hydrogen-bond acceptors (Lipinski definition) is 6. The van der Waals surface area contributed by atoms with Crippen molar-refractivity contribution < 1.29 is 23.8 Å². The molecule has 6 heteroatoms. The molecule has 0 atom stereocenters. The van der Waals surface area contributed by atoms with Crippen LogP contribution in [0.25, 0.3) is 0 Å². The third-order valence-electron chi connectivity index (χ3n) is 5.05. The minimum Gasteiger partial charge on any atom is -0.493 e. The van der Waals surface area contributed by atoms with Crippen molar-refractivity contribution in [2.45, 2.75) is 32.6 Å². The van der Waals surface area contributed by atoms with Gasteiger partial charge < -0.3 is 14.2 Å². The van der Waals surface area contributed by atoms with Crippen molar-refractivity contribution >= 4 is 11.9 Å². The van der Waals surface area contributed by atoms with Gasteiger partial charge in [-0.2, -0.15) is 5.26 Å². The molecule has 0 aliphatic heterocycles. The van der Waals surface area contributed by atoms with E-state index in [1.165, 1.54) is 68.0 Å². The van der Waals surface area contributed by atoms with Crippen LogP contribution < -0.4 is 14.2 Å². The van der Waals surface area contributed by atoms with Crippen molar-refractivity contribution in [2.24, 2.45) is 0 Å². The molecule has 168 valence electrons. The number of rotatable bonds is 9. The van der Waals surface area contributed by atoms with E-state index in [2.05, 4.69) is 6.92 Å². The Labute approximate surface area is 193 Å². The third kappa shape index (κ3) is 6.44. The fraction of sp³-hybridized carbons (Fsp3) is 0.222. The predicted octanol–water partition coefficient (Wildman–Crippen LogP) is 5.74. The SMILES string of the molecule is CCCCCc1ccc(OC(=O)c2ccc(OC(=O)c3ccc(C#N)cc3)c(OC)c2)cc1. The number of carbonyl (C=O) groups is 2. The first-order chi connectivity index (χ1) is 16.0. The zero-order valence-electron chi connectivity index (χ0n) is 18.7. The Balaban J connectivity index is 1.66. The summed E-state index contributed by atoms with van der Waals surface area (Å²) in [5.41, 5.74) is 2.20. The van der Waals surface area contributed by atoms with Gasteiger partial charge >= 0.3 is 11.9 Å². The molecule has 0 spiro atoms. The van der Waals surface area contributed by atoms with E-state index in [0.29, 0.717) is 11.3 Å². The van der Waals surface area contributed by atoms with Crippen molar-refractivity contribution in [3.8, 4) is 23.3 Å². The molecule has 0 amide bonds. The largest absolute Gasteiger partial charge is 0.493 e. The van der Waals surface area contributed by atoms with Gasteiger partial charge in [0.05, 0.1) is 29.9 Å². The first-order valence-electron chi connectivity index (χ1n) is 10.8. The van der Waals surface area contributed by atoms with E-state index in [0.717, 1.165) is 12.8 Å². The number of methoxy groups -OCH3 is 1. The van der Waals surface area contributed by atoms with Crippen LogP contribution in [0.4, 0.5) is 0 Å². The van der Waals surface area contributed by atoms with Gasteiger partial charge in [0, 0.05) is 0 Å². The molecule has 0 radical (unpaired) electrons. The van der Waals surface area contributed by atoms with Gasteiger partial charge in [0.25, 0.3) is 0 Å². The lowest BCUT2D eigenvalue weighted by molar-refractivity contribution is 0.0728. The van der Waals surface area contributed by atoms with Gasteiger partial charge in [-0.25, -0.2) is 9.59 Å². The van der Waals surface area contributed by atoms with Crippen LogP contribution in [0.3, 0.4) is 0 Å². The zero-order chi connectivity index (χ0) is 23.6. The van der Waals surface area contributed by atoms with E-state index in [4.69, 9.17) is 19.5 Å². The second-order valence-corrected chi connectivity index (χ2v) is 7.43. The Morgan fingerprint density at radius 2 is 1.48 bits per heavy atom. The lowest BCUT2D eigenvalue weighted by Gasteiger charge is -2.11. The van der Waals surface area contributed by atoms with Gasteiger partial charge in [-0.05, 0) is 73.0 Å². The lowest BCUT2D eigenvalue weighted by atomic mass is 10.1. The second-order valence-electron chi connectivity index (χ2n) is 7.43. The maximum Gasteiger partial charge on any atom is 0.343 e. The summed E-state index contributed by atoms with van der Waals surface area (Å²) in [6.07, 6.45) is 4.50. The first-order valence-corrected chi connectivity index (χ1v) is 10.8. The smallest absolute Gasteiger partial charge is 0.343 e. The minimum atomic E-state index is -0.604. The number of aryl methyl sites for hydroxylation is 1. The minimum absolute atomic E-state index is 0.167. The van der Waals surface area contributed by atoms with E-state index in [1.54, 1.807) is 12.1 Å². The van der Waals surface area contributed by atoms with E-state index < -0.39 is 11.9 Å². The number of hydrogen-bond donors (Lipinski definition) is 0. The summed E-state index contributed by atoms with van der Waals surface area (Å²) in [6.45, 7) is 2.17. The Morgan fingerprint density at radius 3 is 2.12 bits per heavy atom. The highest BCUT2D eigenvalue weighted by Gasteiger charge is 2.16. The van der Waals surface area contributed by atoms with Crippen LogP contribution in [-0.4, -0.2) is 19.0 Å². The molecule has 6 nitrogen and oxygen atoms in total. The van der Waals surface area contributed by atoms with Gasteiger partial charge in [-0.1, -0.05) is 31.9 Å². The highest BCUT2D eigenvalue weighted by molar-refractivity contribution is 5.93. The van der Waals surface area contributed by atoms with E-state index in [1.807, 2.05) is 18.2 Å². The quantitative estimate of drug-likeness (QED) is 0.238. The summed E-state index contributed by atoms with van der Waals surface area (Å²) in [7, 11) is 1.42. The van der Waals surface area contributed by atoms with Crippen LogP contribution in [0.2, 0.25) is 0 Å². The molecule has 0 N–H and O–H groups in total. The molecule has 3 aromatic carbocycles. The van der Waals surface area contributed by atoms with Crippen molar-refractivity contribution in [3.05, 3.63) is 89.0 Å². The number of nitriles is 1. The Morgan fingerprint density at radius 1 is 0.818 bits per heavy atom. The molecule has 3 rings (SSSR count). The number of unbranched alkanes of at least 4 members (excludes halogenated alkanes) is 2. The van der Waals surface area contributed by atoms with E-state index in [9.17, 15) is 9.59 Å². The summed E-state index contributed by atoms with van der Waals surface area (Å²) < 4.78 is 16.2. The van der Waals surface area contributed by atoms with Gasteiger partial charge in [-0.15, -0.1) is 0 Å². The maximum absolute atomic E-state index is 12.6.